The number of hydrogen-bond donors (Lipinski definition) is 1. The quantitative estimate of drug-likeness (QED) is 0.212. The molecule has 1 aliphatic carbocycles. The van der Waals surface area contributed by atoms with Crippen LogP contribution in [0.15, 0.2) is 96.2 Å². The molecule has 45 heavy (non-hydrogen) atoms. The smallest absolute Gasteiger partial charge is 0.253 e. The monoisotopic (exact) mass is 626 g/mol. The number of hydrogen-bond acceptors (Lipinski definition) is 1. The summed E-state index contributed by atoms with van der Waals surface area (Å²) in [6, 6.07) is 22.1. The summed E-state index contributed by atoms with van der Waals surface area (Å²) < 4.78 is 12.5. The highest BCUT2D eigenvalue weighted by Crippen LogP contribution is 2.34. The molecule has 6 rings (SSSR count). The molecule has 0 saturated carbocycles. The lowest BCUT2D eigenvalue weighted by molar-refractivity contribution is 0.0702. The van der Waals surface area contributed by atoms with Crippen LogP contribution in [0.1, 0.15) is 80.8 Å². The average molecular weight is 627 g/mol. The van der Waals surface area contributed by atoms with Crippen LogP contribution in [0.3, 0.4) is 0 Å². The molecule has 1 unspecified atom stereocenters. The molecule has 2 heterocycles. The first-order chi connectivity index (χ1) is 21.6. The van der Waals surface area contributed by atoms with Crippen LogP contribution in [0, 0.1) is 19.8 Å². The van der Waals surface area contributed by atoms with Gasteiger partial charge in [0.15, 0.2) is 0 Å². The Morgan fingerprint density at radius 2 is 1.69 bits per heavy atom. The fourth-order valence-corrected chi connectivity index (χ4v) is 6.08. The number of allylic oxidation sites excluding steroid dienone is 3. The van der Waals surface area contributed by atoms with E-state index in [-0.39, 0.29) is 5.91 Å². The number of carbonyl (C=O) groups is 1. The van der Waals surface area contributed by atoms with Crippen LogP contribution in [0.25, 0.3) is 22.0 Å². The SMILES string of the molecule is C=C(C)C1CCN(C(=O)c2ccc3c(-c4cccc(Cl)c4)c[nH]c3c2)CC1.CCCCC1=C(C)C(F)C1.Cc1ccccc1C. The van der Waals surface area contributed by atoms with Crippen molar-refractivity contribution in [2.75, 3.05) is 13.1 Å². The number of benzene rings is 3. The Bertz CT molecular complexity index is 1620. The zero-order valence-corrected chi connectivity index (χ0v) is 28.3. The van der Waals surface area contributed by atoms with Crippen molar-refractivity contribution >= 4 is 28.4 Å². The number of aromatic amines is 1. The average Bonchev–Trinajstić information content (AvgIpc) is 3.48. The number of halogens is 2. The highest BCUT2D eigenvalue weighted by molar-refractivity contribution is 6.30. The molecule has 1 N–H and O–H groups in total. The highest BCUT2D eigenvalue weighted by Gasteiger charge is 2.25. The van der Waals surface area contributed by atoms with Crippen LogP contribution in [0.4, 0.5) is 4.39 Å². The number of fused-ring (bicyclic) bond motifs is 1. The second-order valence-electron chi connectivity index (χ2n) is 12.5. The van der Waals surface area contributed by atoms with Crippen molar-refractivity contribution in [3.63, 3.8) is 0 Å². The second-order valence-corrected chi connectivity index (χ2v) is 13.0. The minimum absolute atomic E-state index is 0.107. The first-order valence-corrected chi connectivity index (χ1v) is 16.6. The Balaban J connectivity index is 0.000000208. The molecule has 1 aliphatic heterocycles. The Morgan fingerprint density at radius 3 is 2.24 bits per heavy atom. The van der Waals surface area contributed by atoms with Gasteiger partial charge >= 0.3 is 0 Å². The fourth-order valence-electron chi connectivity index (χ4n) is 5.88. The molecule has 3 aromatic carbocycles. The van der Waals surface area contributed by atoms with E-state index in [1.807, 2.05) is 60.5 Å². The van der Waals surface area contributed by atoms with Gasteiger partial charge < -0.3 is 9.88 Å². The van der Waals surface area contributed by atoms with Crippen LogP contribution in [0.5, 0.6) is 0 Å². The summed E-state index contributed by atoms with van der Waals surface area (Å²) in [5, 5.41) is 1.81. The summed E-state index contributed by atoms with van der Waals surface area (Å²) in [6.45, 7) is 16.1. The Hall–Kier alpha value is -3.63. The third-order valence-electron chi connectivity index (χ3n) is 9.25. The van der Waals surface area contributed by atoms with Crippen LogP contribution in [-0.2, 0) is 0 Å². The van der Waals surface area contributed by atoms with Crippen LogP contribution < -0.4 is 0 Å². The molecule has 238 valence electrons. The van der Waals surface area contributed by atoms with Crippen molar-refractivity contribution in [2.24, 2.45) is 5.92 Å². The first-order valence-electron chi connectivity index (χ1n) is 16.3. The van der Waals surface area contributed by atoms with Gasteiger partial charge in [-0.05, 0) is 106 Å². The van der Waals surface area contributed by atoms with E-state index in [1.165, 1.54) is 35.1 Å². The third-order valence-corrected chi connectivity index (χ3v) is 9.49. The normalized spacial score (nSPS) is 16.3. The number of piperidine rings is 1. The molecule has 0 spiro atoms. The molecule has 2 aliphatic rings. The zero-order valence-electron chi connectivity index (χ0n) is 27.6. The van der Waals surface area contributed by atoms with Crippen molar-refractivity contribution in [3.8, 4) is 11.1 Å². The van der Waals surface area contributed by atoms with Crippen molar-refractivity contribution in [2.45, 2.75) is 79.3 Å². The molecule has 3 nitrogen and oxygen atoms in total. The number of amides is 1. The number of nitrogens with one attached hydrogen (secondary N) is 1. The zero-order chi connectivity index (χ0) is 32.5. The molecule has 1 atom stereocenters. The van der Waals surface area contributed by atoms with Crippen LogP contribution in [0.2, 0.25) is 5.02 Å². The predicted molar refractivity (Wildman–Crippen MR) is 190 cm³/mol. The number of unbranched alkanes of at least 4 members (excludes halogenated alkanes) is 1. The molecule has 4 aromatic rings. The maximum absolute atomic E-state index is 12.9. The molecular weight excluding hydrogens is 579 g/mol. The maximum Gasteiger partial charge on any atom is 0.253 e. The lowest BCUT2D eigenvalue weighted by Crippen LogP contribution is -2.38. The molecule has 1 saturated heterocycles. The van der Waals surface area contributed by atoms with Gasteiger partial charge in [0, 0.05) is 52.8 Å². The van der Waals surface area contributed by atoms with Gasteiger partial charge in [-0.2, -0.15) is 0 Å². The first kappa shape index (κ1) is 34.2. The molecule has 5 heteroatoms. The number of aromatic nitrogens is 1. The standard InChI is InChI=1S/C23H23ClN2O.C9H15F.C8H10/c1-15(2)16-8-10-26(11-9-16)23(27)18-6-7-20-21(14-25-22(20)13-18)17-4-3-5-19(24)12-17;1-3-4-5-8-6-9(10)7(8)2;1-7-5-3-4-6-8(7)2/h3-7,12-14,16,25H,1,8-11H2,2H3;9H,3-6H2,1-2H3;3-6H,1-2H3. The topological polar surface area (TPSA) is 36.1 Å². The van der Waals surface area contributed by atoms with E-state index in [9.17, 15) is 9.18 Å². The number of aryl methyl sites for hydroxylation is 2. The number of nitrogens with zero attached hydrogens (tertiary/aromatic N) is 1. The van der Waals surface area contributed by atoms with E-state index >= 15 is 0 Å². The van der Waals surface area contributed by atoms with Gasteiger partial charge in [-0.3, -0.25) is 4.79 Å². The van der Waals surface area contributed by atoms with E-state index in [1.54, 1.807) is 0 Å². The molecule has 0 bridgehead atoms. The summed E-state index contributed by atoms with van der Waals surface area (Å²) in [4.78, 5) is 18.2. The van der Waals surface area contributed by atoms with E-state index in [2.05, 4.69) is 63.5 Å². The lowest BCUT2D eigenvalue weighted by Gasteiger charge is -2.32. The summed E-state index contributed by atoms with van der Waals surface area (Å²) >= 11 is 6.13. The number of alkyl halides is 1. The summed E-state index contributed by atoms with van der Waals surface area (Å²) in [5.74, 6) is 0.649. The third kappa shape index (κ3) is 8.98. The van der Waals surface area contributed by atoms with Crippen molar-refractivity contribution in [1.29, 1.82) is 0 Å². The summed E-state index contributed by atoms with van der Waals surface area (Å²) in [5.41, 5.74) is 10.2. The van der Waals surface area contributed by atoms with Gasteiger partial charge in [0.1, 0.15) is 6.17 Å². The largest absolute Gasteiger partial charge is 0.361 e. The Kier molecular flexibility index (Phi) is 12.2. The molecule has 1 amide bonds. The second kappa shape index (κ2) is 16.1. The van der Waals surface area contributed by atoms with Crippen LogP contribution >= 0.6 is 11.6 Å². The summed E-state index contributed by atoms with van der Waals surface area (Å²) in [6.07, 6.45) is 7.66. The number of rotatable bonds is 6. The van der Waals surface area contributed by atoms with Crippen molar-refractivity contribution < 1.29 is 9.18 Å². The van der Waals surface area contributed by atoms with E-state index in [0.717, 1.165) is 65.5 Å². The number of carbonyl (C=O) groups excluding carboxylic acids is 1. The van der Waals surface area contributed by atoms with E-state index in [4.69, 9.17) is 11.6 Å². The maximum atomic E-state index is 12.9. The van der Waals surface area contributed by atoms with Crippen molar-refractivity contribution in [3.05, 3.63) is 118 Å². The fraction of sp³-hybridized carbons (Fsp3) is 0.375. The van der Waals surface area contributed by atoms with Gasteiger partial charge in [0.25, 0.3) is 5.91 Å². The van der Waals surface area contributed by atoms with Gasteiger partial charge in [-0.1, -0.05) is 85.1 Å². The molecule has 1 fully saturated rings. The Labute approximate surface area is 274 Å². The van der Waals surface area contributed by atoms with E-state index in [0.29, 0.717) is 17.4 Å². The molecule has 0 radical (unpaired) electrons. The van der Waals surface area contributed by atoms with Gasteiger partial charge in [0.2, 0.25) is 0 Å². The number of H-pyrrole nitrogens is 1. The molecular formula is C40H48ClFN2O. The minimum Gasteiger partial charge on any atom is -0.361 e. The van der Waals surface area contributed by atoms with Crippen molar-refractivity contribution in [1.82, 2.24) is 9.88 Å². The molecule has 1 aromatic heterocycles. The van der Waals surface area contributed by atoms with Crippen LogP contribution in [-0.4, -0.2) is 35.1 Å². The van der Waals surface area contributed by atoms with Gasteiger partial charge in [-0.25, -0.2) is 4.39 Å². The van der Waals surface area contributed by atoms with Gasteiger partial charge in [-0.15, -0.1) is 0 Å². The summed E-state index contributed by atoms with van der Waals surface area (Å²) in [7, 11) is 0. The lowest BCUT2D eigenvalue weighted by atomic mass is 9.85. The minimum atomic E-state index is -0.605. The predicted octanol–water partition coefficient (Wildman–Crippen LogP) is 11.5. The highest BCUT2D eigenvalue weighted by atomic mass is 35.5. The Morgan fingerprint density at radius 1 is 1.00 bits per heavy atom. The van der Waals surface area contributed by atoms with E-state index < -0.39 is 6.17 Å². The van der Waals surface area contributed by atoms with Gasteiger partial charge in [0.05, 0.1) is 0 Å². The number of likely N-dealkylation sites (tertiary alicyclic amines) is 1.